The minimum Gasteiger partial charge on any atom is -0.459 e. The molecule has 0 spiro atoms. The molecule has 4 nitrogen and oxygen atoms in total. The van der Waals surface area contributed by atoms with E-state index in [-0.39, 0.29) is 11.5 Å². The van der Waals surface area contributed by atoms with Gasteiger partial charge in [-0.2, -0.15) is 13.2 Å². The van der Waals surface area contributed by atoms with Gasteiger partial charge in [-0.05, 0) is 39.5 Å². The number of carbonyl (C=O) groups is 2. The van der Waals surface area contributed by atoms with Gasteiger partial charge in [-0.25, -0.2) is 9.18 Å². The number of rotatable bonds is 8. The molecule has 1 fully saturated rings. The van der Waals surface area contributed by atoms with E-state index in [2.05, 4.69) is 6.58 Å². The Kier molecular flexibility index (Phi) is 7.44. The summed E-state index contributed by atoms with van der Waals surface area (Å²) in [6.45, 7) is 4.79. The van der Waals surface area contributed by atoms with Crippen LogP contribution in [0.5, 0.6) is 0 Å². The molecule has 8 heteroatoms. The van der Waals surface area contributed by atoms with Crippen LogP contribution >= 0.6 is 0 Å². The van der Waals surface area contributed by atoms with Crippen LogP contribution in [0.1, 0.15) is 52.4 Å². The lowest BCUT2D eigenvalue weighted by Crippen LogP contribution is -2.39. The lowest BCUT2D eigenvalue weighted by atomic mass is 9.99. The highest BCUT2D eigenvalue weighted by Gasteiger charge is 2.51. The van der Waals surface area contributed by atoms with Crippen molar-refractivity contribution in [3.05, 3.63) is 12.2 Å². The molecule has 0 aromatic carbocycles. The minimum absolute atomic E-state index is 0.103. The Bertz CT molecular complexity index is 493. The maximum Gasteiger partial charge on any atom is 0.422 e. The van der Waals surface area contributed by atoms with Gasteiger partial charge in [0.2, 0.25) is 5.67 Å². The molecule has 0 N–H and O–H groups in total. The molecule has 1 aliphatic rings. The summed E-state index contributed by atoms with van der Waals surface area (Å²) in [5.74, 6) is -1.60. The van der Waals surface area contributed by atoms with Gasteiger partial charge in [-0.1, -0.05) is 19.4 Å². The molecule has 2 atom stereocenters. The second-order valence-corrected chi connectivity index (χ2v) is 6.65. The van der Waals surface area contributed by atoms with E-state index >= 15 is 0 Å². The first-order valence-corrected chi connectivity index (χ1v) is 8.23. The quantitative estimate of drug-likeness (QED) is 0.365. The summed E-state index contributed by atoms with van der Waals surface area (Å²) < 4.78 is 61.7. The summed E-state index contributed by atoms with van der Waals surface area (Å²) in [5.41, 5.74) is -3.31. The Morgan fingerprint density at radius 2 is 1.76 bits per heavy atom. The maximum absolute atomic E-state index is 13.7. The maximum atomic E-state index is 13.7. The zero-order valence-corrected chi connectivity index (χ0v) is 14.5. The van der Waals surface area contributed by atoms with Crippen LogP contribution in [0.25, 0.3) is 0 Å². The van der Waals surface area contributed by atoms with Gasteiger partial charge in [-0.15, -0.1) is 0 Å². The molecule has 0 heterocycles. The third-order valence-electron chi connectivity index (χ3n) is 4.25. The van der Waals surface area contributed by atoms with Gasteiger partial charge in [0.15, 0.2) is 0 Å². The van der Waals surface area contributed by atoms with Crippen molar-refractivity contribution in [2.45, 2.75) is 70.3 Å². The first kappa shape index (κ1) is 21.4. The Balaban J connectivity index is 2.67. The molecule has 0 saturated heterocycles. The summed E-state index contributed by atoms with van der Waals surface area (Å²) in [6.07, 6.45) is -4.40. The van der Waals surface area contributed by atoms with Gasteiger partial charge in [0.1, 0.15) is 12.7 Å². The van der Waals surface area contributed by atoms with E-state index in [0.717, 1.165) is 12.8 Å². The van der Waals surface area contributed by atoms with Crippen molar-refractivity contribution in [2.24, 2.45) is 5.92 Å². The second kappa shape index (κ2) is 8.67. The van der Waals surface area contributed by atoms with E-state index in [9.17, 15) is 27.2 Å². The smallest absolute Gasteiger partial charge is 0.422 e. The van der Waals surface area contributed by atoms with E-state index in [4.69, 9.17) is 9.47 Å². The first-order valence-electron chi connectivity index (χ1n) is 8.23. The molecule has 0 aromatic rings. The van der Waals surface area contributed by atoms with Gasteiger partial charge in [-0.3, -0.25) is 4.79 Å². The molecule has 2 unspecified atom stereocenters. The van der Waals surface area contributed by atoms with Crippen molar-refractivity contribution in [3.8, 4) is 0 Å². The lowest BCUT2D eigenvalue weighted by Gasteiger charge is -2.26. The van der Waals surface area contributed by atoms with Crippen molar-refractivity contribution in [1.82, 2.24) is 0 Å². The van der Waals surface area contributed by atoms with Crippen molar-refractivity contribution < 1.29 is 36.6 Å². The summed E-state index contributed by atoms with van der Waals surface area (Å²) in [6, 6.07) is 0. The molecular formula is C17H24F4O4. The number of carbonyl (C=O) groups excluding carboxylic acids is 2. The van der Waals surface area contributed by atoms with E-state index in [1.165, 1.54) is 6.92 Å². The van der Waals surface area contributed by atoms with Crippen LogP contribution in [0.2, 0.25) is 0 Å². The number of esters is 2. The van der Waals surface area contributed by atoms with Gasteiger partial charge < -0.3 is 9.47 Å². The van der Waals surface area contributed by atoms with Gasteiger partial charge >= 0.3 is 18.1 Å². The average molecular weight is 368 g/mol. The molecule has 0 bridgehead atoms. The largest absolute Gasteiger partial charge is 0.459 e. The number of hydrogen-bond acceptors (Lipinski definition) is 4. The number of alkyl halides is 4. The Hall–Kier alpha value is -1.60. The van der Waals surface area contributed by atoms with Crippen LogP contribution in [-0.2, 0) is 19.1 Å². The van der Waals surface area contributed by atoms with E-state index in [1.54, 1.807) is 0 Å². The highest BCUT2D eigenvalue weighted by Crippen LogP contribution is 2.37. The number of hydrogen-bond donors (Lipinski definition) is 0. The number of halogens is 4. The monoisotopic (exact) mass is 368 g/mol. The molecule has 0 aromatic heterocycles. The molecule has 1 saturated carbocycles. The molecular weight excluding hydrogens is 344 g/mol. The topological polar surface area (TPSA) is 52.6 Å². The zero-order valence-electron chi connectivity index (χ0n) is 14.5. The van der Waals surface area contributed by atoms with Crippen LogP contribution in [-0.4, -0.2) is 36.5 Å². The highest BCUT2D eigenvalue weighted by atomic mass is 19.4. The normalized spacial score (nSPS) is 19.1. The molecule has 0 radical (unpaired) electrons. The van der Waals surface area contributed by atoms with Crippen LogP contribution in [0.4, 0.5) is 17.6 Å². The highest BCUT2D eigenvalue weighted by molar-refractivity contribution is 5.86. The van der Waals surface area contributed by atoms with Crippen LogP contribution < -0.4 is 0 Å². The standard InChI is InChI=1S/C17H24F4O4/c1-11(2)14(22)24-10-13(8-9-16(3,18)17(19,20)21)25-15(23)12-6-4-5-7-12/h12-13H,1,4-10H2,2-3H3. The minimum atomic E-state index is -5.03. The summed E-state index contributed by atoms with van der Waals surface area (Å²) in [5, 5.41) is 0. The fourth-order valence-corrected chi connectivity index (χ4v) is 2.46. The van der Waals surface area contributed by atoms with E-state index in [1.807, 2.05) is 0 Å². The fraction of sp³-hybridized carbons (Fsp3) is 0.765. The zero-order chi connectivity index (χ0) is 19.3. The molecule has 0 amide bonds. The van der Waals surface area contributed by atoms with Crippen LogP contribution in [0, 0.1) is 5.92 Å². The molecule has 1 aliphatic carbocycles. The van der Waals surface area contributed by atoms with Crippen molar-refractivity contribution in [2.75, 3.05) is 6.61 Å². The van der Waals surface area contributed by atoms with E-state index in [0.29, 0.717) is 19.8 Å². The molecule has 1 rings (SSSR count). The predicted octanol–water partition coefficient (Wildman–Crippen LogP) is 4.28. The molecule has 144 valence electrons. The van der Waals surface area contributed by atoms with Crippen molar-refractivity contribution >= 4 is 11.9 Å². The second-order valence-electron chi connectivity index (χ2n) is 6.65. The average Bonchev–Trinajstić information content (AvgIpc) is 3.02. The Morgan fingerprint density at radius 3 is 2.24 bits per heavy atom. The lowest BCUT2D eigenvalue weighted by molar-refractivity contribution is -0.227. The third-order valence-corrected chi connectivity index (χ3v) is 4.25. The van der Waals surface area contributed by atoms with Gasteiger partial charge in [0, 0.05) is 5.57 Å². The first-order chi connectivity index (χ1) is 11.4. The fourth-order valence-electron chi connectivity index (χ4n) is 2.46. The predicted molar refractivity (Wildman–Crippen MR) is 82.4 cm³/mol. The van der Waals surface area contributed by atoms with Gasteiger partial charge in [0.05, 0.1) is 5.92 Å². The molecule has 0 aliphatic heterocycles. The van der Waals surface area contributed by atoms with E-state index < -0.39 is 49.3 Å². The summed E-state index contributed by atoms with van der Waals surface area (Å²) in [4.78, 5) is 23.5. The third kappa shape index (κ3) is 6.66. The molecule has 25 heavy (non-hydrogen) atoms. The number of ether oxygens (including phenoxy) is 2. The van der Waals surface area contributed by atoms with Gasteiger partial charge in [0.25, 0.3) is 0 Å². The summed E-state index contributed by atoms with van der Waals surface area (Å²) >= 11 is 0. The van der Waals surface area contributed by atoms with Crippen LogP contribution in [0.15, 0.2) is 12.2 Å². The van der Waals surface area contributed by atoms with Crippen molar-refractivity contribution in [3.63, 3.8) is 0 Å². The Morgan fingerprint density at radius 1 is 1.20 bits per heavy atom. The van der Waals surface area contributed by atoms with Crippen molar-refractivity contribution in [1.29, 1.82) is 0 Å². The summed E-state index contributed by atoms with van der Waals surface area (Å²) in [7, 11) is 0. The van der Waals surface area contributed by atoms with Crippen LogP contribution in [0.3, 0.4) is 0 Å². The Labute approximate surface area is 144 Å². The SMILES string of the molecule is C=C(C)C(=O)OCC(CCC(C)(F)C(F)(F)F)OC(=O)C1CCCC1.